The second kappa shape index (κ2) is 5.18. The van der Waals surface area contributed by atoms with E-state index in [1.807, 2.05) is 18.2 Å². The van der Waals surface area contributed by atoms with Crippen LogP contribution in [0.5, 0.6) is 0 Å². The number of benzene rings is 1. The van der Waals surface area contributed by atoms with Crippen LogP contribution in [0, 0.1) is 0 Å². The summed E-state index contributed by atoms with van der Waals surface area (Å²) in [4.78, 5) is 19.2. The molecule has 1 atom stereocenters. The summed E-state index contributed by atoms with van der Waals surface area (Å²) in [6, 6.07) is 7.44. The maximum atomic E-state index is 11.8. The fraction of sp³-hybridized carbons (Fsp3) is 0.250. The van der Waals surface area contributed by atoms with Gasteiger partial charge in [-0.15, -0.1) is 0 Å². The summed E-state index contributed by atoms with van der Waals surface area (Å²) in [5, 5.41) is 11.6. The molecule has 0 amide bonds. The molecular weight excluding hydrogens is 268 g/mol. The molecular formula is C16H16N2O3. The van der Waals surface area contributed by atoms with Gasteiger partial charge >= 0.3 is 5.97 Å². The number of hydrogen-bond acceptors (Lipinski definition) is 4. The first-order valence-corrected chi connectivity index (χ1v) is 6.86. The van der Waals surface area contributed by atoms with E-state index in [0.29, 0.717) is 6.61 Å². The molecule has 0 aliphatic carbocycles. The highest BCUT2D eigenvalue weighted by Crippen LogP contribution is 2.28. The van der Waals surface area contributed by atoms with Crippen LogP contribution >= 0.6 is 0 Å². The zero-order valence-corrected chi connectivity index (χ0v) is 11.9. The van der Waals surface area contributed by atoms with Crippen molar-refractivity contribution in [1.29, 1.82) is 0 Å². The summed E-state index contributed by atoms with van der Waals surface area (Å²) in [6.07, 6.45) is 1.09. The van der Waals surface area contributed by atoms with Crippen LogP contribution < -0.4 is 0 Å². The van der Waals surface area contributed by atoms with Gasteiger partial charge in [0.2, 0.25) is 0 Å². The number of nitrogens with zero attached hydrogens (tertiary/aromatic N) is 1. The lowest BCUT2D eigenvalue weighted by Gasteiger charge is -2.04. The number of fused-ring (bicyclic) bond motifs is 3. The highest BCUT2D eigenvalue weighted by molar-refractivity contribution is 6.08. The quantitative estimate of drug-likeness (QED) is 0.725. The Hall–Kier alpha value is -2.40. The lowest BCUT2D eigenvalue weighted by atomic mass is 10.1. The minimum atomic E-state index is -0.536. The van der Waals surface area contributed by atoms with Crippen molar-refractivity contribution in [1.82, 2.24) is 9.97 Å². The van der Waals surface area contributed by atoms with Gasteiger partial charge in [-0.2, -0.15) is 0 Å². The number of H-pyrrole nitrogens is 1. The summed E-state index contributed by atoms with van der Waals surface area (Å²) in [5.41, 5.74) is 2.91. The highest BCUT2D eigenvalue weighted by atomic mass is 16.5. The summed E-state index contributed by atoms with van der Waals surface area (Å²) in [5.74, 6) is -0.430. The Balaban J connectivity index is 2.20. The van der Waals surface area contributed by atoms with Crippen LogP contribution in [0.3, 0.4) is 0 Å². The highest BCUT2D eigenvalue weighted by Gasteiger charge is 2.13. The number of aliphatic hydroxyl groups is 1. The molecule has 0 bridgehead atoms. The van der Waals surface area contributed by atoms with Gasteiger partial charge < -0.3 is 14.8 Å². The Morgan fingerprint density at radius 3 is 2.81 bits per heavy atom. The molecule has 1 unspecified atom stereocenters. The van der Waals surface area contributed by atoms with E-state index in [2.05, 4.69) is 9.97 Å². The van der Waals surface area contributed by atoms with Crippen molar-refractivity contribution in [3.8, 4) is 0 Å². The van der Waals surface area contributed by atoms with E-state index in [1.165, 1.54) is 0 Å². The normalized spacial score (nSPS) is 12.7. The Bertz CT molecular complexity index is 821. The van der Waals surface area contributed by atoms with Crippen molar-refractivity contribution in [2.24, 2.45) is 0 Å². The van der Waals surface area contributed by atoms with Crippen molar-refractivity contribution in [2.45, 2.75) is 20.0 Å². The lowest BCUT2D eigenvalue weighted by molar-refractivity contribution is 0.0519. The largest absolute Gasteiger partial charge is 0.461 e. The summed E-state index contributed by atoms with van der Waals surface area (Å²) >= 11 is 0. The number of aromatic amines is 1. The summed E-state index contributed by atoms with van der Waals surface area (Å²) in [7, 11) is 0. The first-order chi connectivity index (χ1) is 10.1. The van der Waals surface area contributed by atoms with Crippen LogP contribution in [0.25, 0.3) is 21.8 Å². The number of carbonyl (C=O) groups is 1. The van der Waals surface area contributed by atoms with E-state index in [9.17, 15) is 9.90 Å². The maximum absolute atomic E-state index is 11.8. The predicted octanol–water partition coefficient (Wildman–Crippen LogP) is 2.95. The molecule has 2 aromatic heterocycles. The number of esters is 1. The van der Waals surface area contributed by atoms with Gasteiger partial charge in [0, 0.05) is 16.3 Å². The van der Waals surface area contributed by atoms with Gasteiger partial charge in [0.25, 0.3) is 0 Å². The zero-order valence-electron chi connectivity index (χ0n) is 11.9. The van der Waals surface area contributed by atoms with Gasteiger partial charge in [-0.3, -0.25) is 0 Å². The minimum Gasteiger partial charge on any atom is -0.461 e. The molecule has 0 aliphatic rings. The van der Waals surface area contributed by atoms with Crippen molar-refractivity contribution in [2.75, 3.05) is 6.61 Å². The molecule has 2 heterocycles. The number of aromatic nitrogens is 2. The molecule has 0 fully saturated rings. The third kappa shape index (κ3) is 2.36. The van der Waals surface area contributed by atoms with E-state index in [-0.39, 0.29) is 5.69 Å². The first kappa shape index (κ1) is 13.6. The topological polar surface area (TPSA) is 75.2 Å². The summed E-state index contributed by atoms with van der Waals surface area (Å²) in [6.45, 7) is 3.80. The fourth-order valence-electron chi connectivity index (χ4n) is 2.39. The van der Waals surface area contributed by atoms with Gasteiger partial charge in [-0.25, -0.2) is 9.78 Å². The van der Waals surface area contributed by atoms with E-state index in [0.717, 1.165) is 27.4 Å². The van der Waals surface area contributed by atoms with Crippen molar-refractivity contribution in [3.05, 3.63) is 41.7 Å². The van der Waals surface area contributed by atoms with Crippen LogP contribution in [0.4, 0.5) is 0 Å². The molecule has 108 valence electrons. The molecule has 5 nitrogen and oxygen atoms in total. The molecule has 1 aromatic carbocycles. The maximum Gasteiger partial charge on any atom is 0.356 e. The minimum absolute atomic E-state index is 0.285. The monoisotopic (exact) mass is 284 g/mol. The van der Waals surface area contributed by atoms with E-state index in [4.69, 9.17) is 4.74 Å². The van der Waals surface area contributed by atoms with E-state index in [1.54, 1.807) is 26.1 Å². The number of rotatable bonds is 3. The first-order valence-electron chi connectivity index (χ1n) is 6.86. The van der Waals surface area contributed by atoms with E-state index >= 15 is 0 Å². The van der Waals surface area contributed by atoms with E-state index < -0.39 is 12.1 Å². The number of aliphatic hydroxyl groups excluding tert-OH is 1. The van der Waals surface area contributed by atoms with Gasteiger partial charge in [0.15, 0.2) is 0 Å². The molecule has 3 rings (SSSR count). The Morgan fingerprint density at radius 1 is 1.33 bits per heavy atom. The molecule has 0 saturated carbocycles. The molecule has 0 radical (unpaired) electrons. The van der Waals surface area contributed by atoms with Gasteiger partial charge in [0.1, 0.15) is 5.69 Å². The summed E-state index contributed by atoms with van der Waals surface area (Å²) < 4.78 is 4.98. The molecule has 0 spiro atoms. The third-order valence-corrected chi connectivity index (χ3v) is 3.47. The molecule has 3 aromatic rings. The van der Waals surface area contributed by atoms with Crippen LogP contribution in [0.2, 0.25) is 0 Å². The zero-order chi connectivity index (χ0) is 15.0. The second-order valence-corrected chi connectivity index (χ2v) is 4.94. The molecule has 0 aliphatic heterocycles. The number of nitrogens with one attached hydrogen (secondary N) is 1. The Labute approximate surface area is 121 Å². The number of pyridine rings is 1. The molecule has 0 saturated heterocycles. The van der Waals surface area contributed by atoms with Crippen molar-refractivity contribution < 1.29 is 14.6 Å². The van der Waals surface area contributed by atoms with Crippen LogP contribution in [-0.2, 0) is 4.74 Å². The van der Waals surface area contributed by atoms with Crippen LogP contribution in [0.1, 0.15) is 36.0 Å². The van der Waals surface area contributed by atoms with Crippen molar-refractivity contribution >= 4 is 27.8 Å². The van der Waals surface area contributed by atoms with Gasteiger partial charge in [-0.1, -0.05) is 6.07 Å². The standard InChI is InChI=1S/C16H16N2O3/c1-3-21-16(20)14-7-12-11-6-10(9(2)19)4-5-13(11)18-15(12)8-17-14/h4-9,18-19H,3H2,1-2H3. The van der Waals surface area contributed by atoms with Crippen LogP contribution in [0.15, 0.2) is 30.5 Å². The van der Waals surface area contributed by atoms with Crippen LogP contribution in [-0.4, -0.2) is 27.7 Å². The molecule has 5 heteroatoms. The fourth-order valence-corrected chi connectivity index (χ4v) is 2.39. The SMILES string of the molecule is CCOC(=O)c1cc2c(cn1)[nH]c1ccc(C(C)O)cc12. The van der Waals surface area contributed by atoms with Crippen molar-refractivity contribution in [3.63, 3.8) is 0 Å². The van der Waals surface area contributed by atoms with Gasteiger partial charge in [0.05, 0.1) is 24.4 Å². The average Bonchev–Trinajstić information content (AvgIpc) is 2.84. The molecule has 21 heavy (non-hydrogen) atoms. The number of hydrogen-bond donors (Lipinski definition) is 2. The predicted molar refractivity (Wildman–Crippen MR) is 80.2 cm³/mol. The molecule has 2 N–H and O–H groups in total. The Kier molecular flexibility index (Phi) is 3.35. The number of carbonyl (C=O) groups excluding carboxylic acids is 1. The van der Waals surface area contributed by atoms with Gasteiger partial charge in [-0.05, 0) is 37.6 Å². The third-order valence-electron chi connectivity index (χ3n) is 3.47. The second-order valence-electron chi connectivity index (χ2n) is 4.94. The Morgan fingerprint density at radius 2 is 2.10 bits per heavy atom. The average molecular weight is 284 g/mol. The number of ether oxygens (including phenoxy) is 1. The smallest absolute Gasteiger partial charge is 0.356 e. The lowest BCUT2D eigenvalue weighted by Crippen LogP contribution is -2.06.